The standard InChI is InChI=1S/C13H22N2O4S/c1-14(11(16)5-7-20-2)9-12(17)15-6-3-4-10(8-15)13(18)19/h10H,3-9H2,1-2H3,(H,18,19). The van der Waals surface area contributed by atoms with Crippen LogP contribution in [0.1, 0.15) is 19.3 Å². The second kappa shape index (κ2) is 8.14. The number of rotatable bonds is 6. The molecule has 1 atom stereocenters. The average molecular weight is 302 g/mol. The van der Waals surface area contributed by atoms with Crippen LogP contribution in [0.3, 0.4) is 0 Å². The van der Waals surface area contributed by atoms with Crippen LogP contribution in [0.2, 0.25) is 0 Å². The molecule has 0 radical (unpaired) electrons. The van der Waals surface area contributed by atoms with Gasteiger partial charge in [0.25, 0.3) is 0 Å². The molecule has 0 bridgehead atoms. The summed E-state index contributed by atoms with van der Waals surface area (Å²) < 4.78 is 0. The van der Waals surface area contributed by atoms with E-state index in [0.717, 1.165) is 5.75 Å². The lowest BCUT2D eigenvalue weighted by Gasteiger charge is -2.32. The predicted octanol–water partition coefficient (Wildman–Crippen LogP) is 0.521. The molecule has 7 heteroatoms. The molecule has 0 aromatic carbocycles. The van der Waals surface area contributed by atoms with E-state index in [1.54, 1.807) is 23.7 Å². The number of carbonyl (C=O) groups excluding carboxylic acids is 2. The number of amides is 2. The maximum atomic E-state index is 12.1. The Balaban J connectivity index is 2.45. The van der Waals surface area contributed by atoms with Gasteiger partial charge in [-0.25, -0.2) is 0 Å². The first-order valence-electron chi connectivity index (χ1n) is 6.69. The zero-order valence-corrected chi connectivity index (χ0v) is 12.8. The highest BCUT2D eigenvalue weighted by Crippen LogP contribution is 2.16. The highest BCUT2D eigenvalue weighted by molar-refractivity contribution is 7.98. The van der Waals surface area contributed by atoms with Crippen LogP contribution in [0.5, 0.6) is 0 Å². The molecule has 1 aliphatic rings. The van der Waals surface area contributed by atoms with Gasteiger partial charge >= 0.3 is 5.97 Å². The molecule has 0 spiro atoms. The van der Waals surface area contributed by atoms with E-state index >= 15 is 0 Å². The van der Waals surface area contributed by atoms with E-state index in [4.69, 9.17) is 5.11 Å². The van der Waals surface area contributed by atoms with Crippen LogP contribution in [0.25, 0.3) is 0 Å². The smallest absolute Gasteiger partial charge is 0.308 e. The lowest BCUT2D eigenvalue weighted by molar-refractivity contribution is -0.147. The summed E-state index contributed by atoms with van der Waals surface area (Å²) in [5.41, 5.74) is 0. The number of carboxylic acid groups (broad SMARTS) is 1. The summed E-state index contributed by atoms with van der Waals surface area (Å²) in [6.07, 6.45) is 3.66. The van der Waals surface area contributed by atoms with Crippen molar-refractivity contribution in [1.29, 1.82) is 0 Å². The van der Waals surface area contributed by atoms with Crippen molar-refractivity contribution in [2.75, 3.05) is 38.7 Å². The molecular formula is C13H22N2O4S. The Kier molecular flexibility index (Phi) is 6.84. The molecule has 0 saturated carbocycles. The first-order chi connectivity index (χ1) is 9.45. The Morgan fingerprint density at radius 1 is 1.40 bits per heavy atom. The molecule has 1 heterocycles. The van der Waals surface area contributed by atoms with E-state index in [-0.39, 0.29) is 24.9 Å². The SMILES string of the molecule is CSCCC(=O)N(C)CC(=O)N1CCCC(C(=O)O)C1. The Morgan fingerprint density at radius 3 is 2.70 bits per heavy atom. The zero-order valence-electron chi connectivity index (χ0n) is 12.0. The van der Waals surface area contributed by atoms with Crippen LogP contribution in [0, 0.1) is 5.92 Å². The molecule has 2 amide bonds. The second-order valence-corrected chi connectivity index (χ2v) is 6.00. The van der Waals surface area contributed by atoms with Crippen molar-refractivity contribution in [3.05, 3.63) is 0 Å². The summed E-state index contributed by atoms with van der Waals surface area (Å²) in [5, 5.41) is 9.00. The van der Waals surface area contributed by atoms with Crippen molar-refractivity contribution in [3.8, 4) is 0 Å². The molecule has 0 aromatic rings. The second-order valence-electron chi connectivity index (χ2n) is 5.01. The quantitative estimate of drug-likeness (QED) is 0.774. The average Bonchev–Trinajstić information content (AvgIpc) is 2.44. The van der Waals surface area contributed by atoms with Crippen molar-refractivity contribution in [2.45, 2.75) is 19.3 Å². The minimum atomic E-state index is -0.855. The molecule has 1 aliphatic heterocycles. The van der Waals surface area contributed by atoms with E-state index in [1.807, 2.05) is 6.26 Å². The van der Waals surface area contributed by atoms with Gasteiger partial charge in [0.1, 0.15) is 0 Å². The first-order valence-corrected chi connectivity index (χ1v) is 8.08. The monoisotopic (exact) mass is 302 g/mol. The molecule has 114 valence electrons. The van der Waals surface area contributed by atoms with Crippen LogP contribution < -0.4 is 0 Å². The zero-order chi connectivity index (χ0) is 15.1. The Labute approximate surface area is 123 Å². The number of carbonyl (C=O) groups is 3. The van der Waals surface area contributed by atoms with E-state index < -0.39 is 11.9 Å². The Morgan fingerprint density at radius 2 is 2.10 bits per heavy atom. The van der Waals surface area contributed by atoms with Crippen LogP contribution in [0.15, 0.2) is 0 Å². The topological polar surface area (TPSA) is 77.9 Å². The highest BCUT2D eigenvalue weighted by atomic mass is 32.2. The van der Waals surface area contributed by atoms with Crippen molar-refractivity contribution in [1.82, 2.24) is 9.80 Å². The molecule has 1 N–H and O–H groups in total. The fourth-order valence-corrected chi connectivity index (χ4v) is 2.56. The molecule has 20 heavy (non-hydrogen) atoms. The largest absolute Gasteiger partial charge is 0.481 e. The fourth-order valence-electron chi connectivity index (χ4n) is 2.18. The number of thioether (sulfide) groups is 1. The molecule has 1 rings (SSSR count). The number of aliphatic carboxylic acids is 1. The highest BCUT2D eigenvalue weighted by Gasteiger charge is 2.28. The summed E-state index contributed by atoms with van der Waals surface area (Å²) in [6, 6.07) is 0. The number of likely N-dealkylation sites (N-methyl/N-ethyl adjacent to an activating group) is 1. The van der Waals surface area contributed by atoms with E-state index in [9.17, 15) is 14.4 Å². The molecular weight excluding hydrogens is 280 g/mol. The van der Waals surface area contributed by atoms with Gasteiger partial charge in [-0.2, -0.15) is 11.8 Å². The van der Waals surface area contributed by atoms with Gasteiger partial charge in [0, 0.05) is 32.3 Å². The van der Waals surface area contributed by atoms with Crippen molar-refractivity contribution < 1.29 is 19.5 Å². The van der Waals surface area contributed by atoms with Gasteiger partial charge in [0.15, 0.2) is 0 Å². The molecule has 1 fully saturated rings. The summed E-state index contributed by atoms with van der Waals surface area (Å²) in [7, 11) is 1.61. The first kappa shape index (κ1) is 16.8. The third-order valence-corrected chi connectivity index (χ3v) is 4.05. The number of hydrogen-bond donors (Lipinski definition) is 1. The van der Waals surface area contributed by atoms with Crippen molar-refractivity contribution in [2.24, 2.45) is 5.92 Å². The Hall–Kier alpha value is -1.24. The van der Waals surface area contributed by atoms with Gasteiger partial charge in [0.05, 0.1) is 12.5 Å². The van der Waals surface area contributed by atoms with Crippen LogP contribution in [0.4, 0.5) is 0 Å². The molecule has 6 nitrogen and oxygen atoms in total. The third-order valence-electron chi connectivity index (χ3n) is 3.44. The lowest BCUT2D eigenvalue weighted by atomic mass is 9.98. The van der Waals surface area contributed by atoms with Crippen LogP contribution >= 0.6 is 11.8 Å². The Bertz CT molecular complexity index is 375. The normalized spacial score (nSPS) is 18.7. The number of nitrogens with zero attached hydrogens (tertiary/aromatic N) is 2. The van der Waals surface area contributed by atoms with Gasteiger partial charge in [-0.1, -0.05) is 0 Å². The molecule has 1 saturated heterocycles. The molecule has 1 unspecified atom stereocenters. The molecule has 0 aromatic heterocycles. The summed E-state index contributed by atoms with van der Waals surface area (Å²) in [5.74, 6) is -0.824. The maximum Gasteiger partial charge on any atom is 0.308 e. The number of piperidine rings is 1. The van der Waals surface area contributed by atoms with Crippen LogP contribution in [-0.4, -0.2) is 71.4 Å². The van der Waals surface area contributed by atoms with Gasteiger partial charge in [-0.3, -0.25) is 14.4 Å². The number of hydrogen-bond acceptors (Lipinski definition) is 4. The van der Waals surface area contributed by atoms with Crippen LogP contribution in [-0.2, 0) is 14.4 Å². The number of carboxylic acids is 1. The minimum Gasteiger partial charge on any atom is -0.481 e. The van der Waals surface area contributed by atoms with E-state index in [1.165, 1.54) is 4.90 Å². The summed E-state index contributed by atoms with van der Waals surface area (Å²) in [4.78, 5) is 37.8. The van der Waals surface area contributed by atoms with Crippen molar-refractivity contribution in [3.63, 3.8) is 0 Å². The molecule has 0 aliphatic carbocycles. The third kappa shape index (κ3) is 5.03. The van der Waals surface area contributed by atoms with E-state index in [2.05, 4.69) is 0 Å². The maximum absolute atomic E-state index is 12.1. The fraction of sp³-hybridized carbons (Fsp3) is 0.769. The summed E-state index contributed by atoms with van der Waals surface area (Å²) in [6.45, 7) is 0.857. The predicted molar refractivity (Wildman–Crippen MR) is 77.6 cm³/mol. The van der Waals surface area contributed by atoms with Gasteiger partial charge in [-0.05, 0) is 19.1 Å². The van der Waals surface area contributed by atoms with Crippen molar-refractivity contribution >= 4 is 29.5 Å². The lowest BCUT2D eigenvalue weighted by Crippen LogP contribution is -2.46. The van der Waals surface area contributed by atoms with Gasteiger partial charge in [0.2, 0.25) is 11.8 Å². The number of likely N-dealkylation sites (tertiary alicyclic amines) is 1. The van der Waals surface area contributed by atoms with Gasteiger partial charge in [-0.15, -0.1) is 0 Å². The summed E-state index contributed by atoms with van der Waals surface area (Å²) >= 11 is 1.59. The van der Waals surface area contributed by atoms with Gasteiger partial charge < -0.3 is 14.9 Å². The van der Waals surface area contributed by atoms with E-state index in [0.29, 0.717) is 25.8 Å². The minimum absolute atomic E-state index is 0.0273.